The lowest BCUT2D eigenvalue weighted by atomic mass is 10.0. The maximum Gasteiger partial charge on any atom is 0.142 e. The van der Waals surface area contributed by atoms with Crippen molar-refractivity contribution >= 4 is 6.29 Å². The lowest BCUT2D eigenvalue weighted by Gasteiger charge is -2.05. The Bertz CT molecular complexity index is 185. The number of aldehydes is 1. The smallest absolute Gasteiger partial charge is 0.142 e. The molecule has 0 heterocycles. The predicted molar refractivity (Wildman–Crippen MR) is 57.7 cm³/mol. The molecule has 0 unspecified atom stereocenters. The molecule has 0 rings (SSSR count). The fraction of sp³-hybridized carbons (Fsp3) is 0.583. The van der Waals surface area contributed by atoms with E-state index in [9.17, 15) is 4.79 Å². The quantitative estimate of drug-likeness (QED) is 0.347. The van der Waals surface area contributed by atoms with Crippen molar-refractivity contribution < 1.29 is 4.79 Å². The van der Waals surface area contributed by atoms with Gasteiger partial charge in [0.2, 0.25) is 0 Å². The van der Waals surface area contributed by atoms with Crippen LogP contribution < -0.4 is 0 Å². The molecule has 74 valence electrons. The van der Waals surface area contributed by atoms with Crippen molar-refractivity contribution in [3.8, 4) is 0 Å². The van der Waals surface area contributed by atoms with Gasteiger partial charge in [0.05, 0.1) is 0 Å². The fourth-order valence-electron chi connectivity index (χ4n) is 1.14. The molecular weight excluding hydrogens is 160 g/mol. The van der Waals surface area contributed by atoms with Gasteiger partial charge < -0.3 is 0 Å². The van der Waals surface area contributed by atoms with Gasteiger partial charge in [-0.3, -0.25) is 4.79 Å². The van der Waals surface area contributed by atoms with Gasteiger partial charge >= 0.3 is 0 Å². The van der Waals surface area contributed by atoms with E-state index < -0.39 is 0 Å². The van der Waals surface area contributed by atoms with Crippen molar-refractivity contribution in [3.05, 3.63) is 23.8 Å². The molecule has 0 fully saturated rings. The number of rotatable bonds is 6. The Morgan fingerprint density at radius 2 is 2.08 bits per heavy atom. The molecule has 0 aliphatic rings. The van der Waals surface area contributed by atoms with Gasteiger partial charge in [-0.05, 0) is 45.1 Å². The number of carbonyl (C=O) groups excluding carboxylic acids is 1. The molecule has 1 heteroatoms. The fourth-order valence-corrected chi connectivity index (χ4v) is 1.14. The molecule has 0 aromatic rings. The molecule has 0 aliphatic heterocycles. The van der Waals surface area contributed by atoms with Gasteiger partial charge in [0, 0.05) is 0 Å². The van der Waals surface area contributed by atoms with E-state index in [0.717, 1.165) is 19.1 Å². The number of carbonyl (C=O) groups is 1. The van der Waals surface area contributed by atoms with E-state index in [1.165, 1.54) is 12.0 Å². The van der Waals surface area contributed by atoms with Crippen molar-refractivity contribution in [2.45, 2.75) is 40.0 Å². The van der Waals surface area contributed by atoms with Crippen molar-refractivity contribution in [2.75, 3.05) is 0 Å². The van der Waals surface area contributed by atoms with E-state index in [2.05, 4.69) is 26.8 Å². The van der Waals surface area contributed by atoms with Gasteiger partial charge in [-0.15, -0.1) is 0 Å². The average Bonchev–Trinajstić information content (AvgIpc) is 2.04. The molecule has 1 atom stereocenters. The SMILES string of the molecule is CC(C)=CCC[C@@H](C)C/C=C/C=O. The third-order valence-electron chi connectivity index (χ3n) is 1.97. The van der Waals surface area contributed by atoms with Crippen LogP contribution in [0.4, 0.5) is 0 Å². The summed E-state index contributed by atoms with van der Waals surface area (Å²) in [6.07, 6.45) is 9.99. The van der Waals surface area contributed by atoms with E-state index in [4.69, 9.17) is 0 Å². The van der Waals surface area contributed by atoms with Gasteiger partial charge in [0.1, 0.15) is 6.29 Å². The third-order valence-corrected chi connectivity index (χ3v) is 1.97. The molecule has 0 aliphatic carbocycles. The predicted octanol–water partition coefficient (Wildman–Crippen LogP) is 3.51. The average molecular weight is 180 g/mol. The van der Waals surface area contributed by atoms with Crippen molar-refractivity contribution in [3.63, 3.8) is 0 Å². The highest BCUT2D eigenvalue weighted by Crippen LogP contribution is 2.11. The molecule has 0 saturated carbocycles. The number of allylic oxidation sites excluding steroid dienone is 4. The molecule has 0 amide bonds. The van der Waals surface area contributed by atoms with Crippen LogP contribution in [0.3, 0.4) is 0 Å². The first-order valence-electron chi connectivity index (χ1n) is 4.90. The lowest BCUT2D eigenvalue weighted by Crippen LogP contribution is -1.91. The summed E-state index contributed by atoms with van der Waals surface area (Å²) in [5.74, 6) is 0.673. The Labute approximate surface area is 81.5 Å². The Morgan fingerprint density at radius 1 is 1.38 bits per heavy atom. The Balaban J connectivity index is 3.51. The topological polar surface area (TPSA) is 17.1 Å². The van der Waals surface area contributed by atoms with Crippen LogP contribution in [-0.4, -0.2) is 6.29 Å². The highest BCUT2D eigenvalue weighted by Gasteiger charge is 1.97. The van der Waals surface area contributed by atoms with Crippen LogP contribution in [0.1, 0.15) is 40.0 Å². The third kappa shape index (κ3) is 9.06. The van der Waals surface area contributed by atoms with Crippen molar-refractivity contribution in [1.29, 1.82) is 0 Å². The summed E-state index contributed by atoms with van der Waals surface area (Å²) in [6.45, 7) is 6.46. The monoisotopic (exact) mass is 180 g/mol. The van der Waals surface area contributed by atoms with Crippen LogP contribution in [0.2, 0.25) is 0 Å². The summed E-state index contributed by atoms with van der Waals surface area (Å²) in [5.41, 5.74) is 1.38. The summed E-state index contributed by atoms with van der Waals surface area (Å²) in [4.78, 5) is 9.99. The Hall–Kier alpha value is -0.850. The molecule has 13 heavy (non-hydrogen) atoms. The second kappa shape index (κ2) is 7.78. The van der Waals surface area contributed by atoms with Crippen molar-refractivity contribution in [2.24, 2.45) is 5.92 Å². The van der Waals surface area contributed by atoms with E-state index in [-0.39, 0.29) is 0 Å². The Kier molecular flexibility index (Phi) is 7.27. The summed E-state index contributed by atoms with van der Waals surface area (Å²) >= 11 is 0. The summed E-state index contributed by atoms with van der Waals surface area (Å²) in [7, 11) is 0. The molecule has 0 spiro atoms. The van der Waals surface area contributed by atoms with Crippen LogP contribution in [0.5, 0.6) is 0 Å². The molecule has 0 aromatic carbocycles. The van der Waals surface area contributed by atoms with E-state index in [0.29, 0.717) is 5.92 Å². The van der Waals surface area contributed by atoms with Gasteiger partial charge in [-0.2, -0.15) is 0 Å². The minimum atomic E-state index is 0.673. The highest BCUT2D eigenvalue weighted by atomic mass is 16.1. The first kappa shape index (κ1) is 12.2. The van der Waals surface area contributed by atoms with Gasteiger partial charge in [-0.1, -0.05) is 24.6 Å². The summed E-state index contributed by atoms with van der Waals surface area (Å²) < 4.78 is 0. The second-order valence-corrected chi connectivity index (χ2v) is 3.76. The van der Waals surface area contributed by atoms with E-state index in [1.54, 1.807) is 6.08 Å². The zero-order valence-electron chi connectivity index (χ0n) is 8.92. The molecular formula is C12H20O. The zero-order chi connectivity index (χ0) is 10.1. The first-order chi connectivity index (χ1) is 6.16. The zero-order valence-corrected chi connectivity index (χ0v) is 8.92. The normalized spacial score (nSPS) is 12.8. The highest BCUT2D eigenvalue weighted by molar-refractivity contribution is 5.64. The lowest BCUT2D eigenvalue weighted by molar-refractivity contribution is -0.104. The second-order valence-electron chi connectivity index (χ2n) is 3.76. The maximum absolute atomic E-state index is 9.99. The maximum atomic E-state index is 9.99. The van der Waals surface area contributed by atoms with Gasteiger partial charge in [-0.25, -0.2) is 0 Å². The van der Waals surface area contributed by atoms with Crippen molar-refractivity contribution in [1.82, 2.24) is 0 Å². The standard InChI is InChI=1S/C12H20O/c1-11(2)7-6-9-12(3)8-4-5-10-13/h4-5,7,10,12H,6,8-9H2,1-3H3/b5-4+/t12-/m0/s1. The Morgan fingerprint density at radius 3 is 2.62 bits per heavy atom. The summed E-state index contributed by atoms with van der Waals surface area (Å²) in [5, 5.41) is 0. The number of hydrogen-bond donors (Lipinski definition) is 0. The molecule has 0 radical (unpaired) electrons. The number of hydrogen-bond acceptors (Lipinski definition) is 1. The van der Waals surface area contributed by atoms with Crippen LogP contribution in [-0.2, 0) is 4.79 Å². The van der Waals surface area contributed by atoms with E-state index in [1.807, 2.05) is 6.08 Å². The van der Waals surface area contributed by atoms with Crippen LogP contribution >= 0.6 is 0 Å². The minimum absolute atomic E-state index is 0.673. The largest absolute Gasteiger partial charge is 0.299 e. The van der Waals surface area contributed by atoms with Gasteiger partial charge in [0.15, 0.2) is 0 Å². The molecule has 0 saturated heterocycles. The van der Waals surface area contributed by atoms with Crippen LogP contribution in [0.25, 0.3) is 0 Å². The van der Waals surface area contributed by atoms with E-state index >= 15 is 0 Å². The molecule has 0 N–H and O–H groups in total. The van der Waals surface area contributed by atoms with Crippen LogP contribution in [0.15, 0.2) is 23.8 Å². The molecule has 0 bridgehead atoms. The summed E-state index contributed by atoms with van der Waals surface area (Å²) in [6, 6.07) is 0. The molecule has 0 aromatic heterocycles. The van der Waals surface area contributed by atoms with Gasteiger partial charge in [0.25, 0.3) is 0 Å². The van der Waals surface area contributed by atoms with Crippen LogP contribution in [0, 0.1) is 5.92 Å². The first-order valence-corrected chi connectivity index (χ1v) is 4.90. The minimum Gasteiger partial charge on any atom is -0.299 e. The molecule has 1 nitrogen and oxygen atoms in total.